The summed E-state index contributed by atoms with van der Waals surface area (Å²) in [5, 5.41) is 3.53. The van der Waals surface area contributed by atoms with Crippen LogP contribution in [0.1, 0.15) is 38.5 Å². The van der Waals surface area contributed by atoms with Crippen LogP contribution in [-0.2, 0) is 4.74 Å². The summed E-state index contributed by atoms with van der Waals surface area (Å²) in [4.78, 5) is 10.9. The Balaban J connectivity index is 1.72. The largest absolute Gasteiger partial charge is 0.393 e. The maximum Gasteiger partial charge on any atom is 0.157 e. The number of morpholine rings is 1. The van der Waals surface area contributed by atoms with Crippen LogP contribution in [0, 0.1) is 0 Å². The first-order valence-electron chi connectivity index (χ1n) is 8.04. The van der Waals surface area contributed by atoms with Crippen LogP contribution in [0.25, 0.3) is 0 Å². The van der Waals surface area contributed by atoms with Crippen LogP contribution in [0.15, 0.2) is 6.33 Å². The Morgan fingerprint density at radius 1 is 1.10 bits per heavy atom. The minimum atomic E-state index is 0.488. The van der Waals surface area contributed by atoms with Gasteiger partial charge in [-0.2, -0.15) is 0 Å². The van der Waals surface area contributed by atoms with Crippen molar-refractivity contribution >= 4 is 17.3 Å². The molecule has 0 atom stereocenters. The lowest BCUT2D eigenvalue weighted by Gasteiger charge is -2.29. The molecule has 1 aromatic heterocycles. The molecule has 0 unspecified atom stereocenters. The molecule has 2 fully saturated rings. The van der Waals surface area contributed by atoms with Crippen molar-refractivity contribution in [1.29, 1.82) is 0 Å². The molecule has 1 saturated carbocycles. The van der Waals surface area contributed by atoms with Crippen molar-refractivity contribution in [2.24, 2.45) is 0 Å². The van der Waals surface area contributed by atoms with Crippen LogP contribution in [0.4, 0.5) is 17.3 Å². The summed E-state index contributed by atoms with van der Waals surface area (Å²) in [6.45, 7) is 3.14. The van der Waals surface area contributed by atoms with E-state index in [-0.39, 0.29) is 0 Å². The Kier molecular flexibility index (Phi) is 4.75. The molecule has 1 aliphatic heterocycles. The van der Waals surface area contributed by atoms with Gasteiger partial charge in [-0.3, -0.25) is 0 Å². The lowest BCUT2D eigenvalue weighted by Crippen LogP contribution is -2.37. The number of aromatic nitrogens is 2. The number of rotatable bonds is 3. The predicted molar refractivity (Wildman–Crippen MR) is 84.6 cm³/mol. The van der Waals surface area contributed by atoms with Gasteiger partial charge < -0.3 is 20.7 Å². The third kappa shape index (κ3) is 3.56. The van der Waals surface area contributed by atoms with Crippen molar-refractivity contribution in [2.45, 2.75) is 44.6 Å². The first-order chi connectivity index (χ1) is 10.3. The quantitative estimate of drug-likeness (QED) is 0.830. The van der Waals surface area contributed by atoms with Gasteiger partial charge in [0.05, 0.1) is 13.2 Å². The molecule has 6 heteroatoms. The Hall–Kier alpha value is -1.56. The Morgan fingerprint density at radius 2 is 1.81 bits per heavy atom. The first-order valence-corrected chi connectivity index (χ1v) is 8.04. The van der Waals surface area contributed by atoms with E-state index < -0.39 is 0 Å². The standard InChI is InChI=1S/C15H25N5O/c16-13-14(19-12-5-3-1-2-4-6-12)17-11-18-15(13)20-7-9-21-10-8-20/h11-12H,1-10,16H2,(H,17,18,19). The third-order valence-corrected chi connectivity index (χ3v) is 4.37. The summed E-state index contributed by atoms with van der Waals surface area (Å²) in [6, 6.07) is 0.488. The van der Waals surface area contributed by atoms with Crippen molar-refractivity contribution in [1.82, 2.24) is 9.97 Å². The lowest BCUT2D eigenvalue weighted by atomic mass is 10.1. The average molecular weight is 291 g/mol. The summed E-state index contributed by atoms with van der Waals surface area (Å²) >= 11 is 0. The Bertz CT molecular complexity index is 453. The van der Waals surface area contributed by atoms with Crippen molar-refractivity contribution in [3.63, 3.8) is 0 Å². The fourth-order valence-corrected chi connectivity index (χ4v) is 3.15. The molecule has 3 rings (SSSR count). The van der Waals surface area contributed by atoms with E-state index in [2.05, 4.69) is 20.2 Å². The topological polar surface area (TPSA) is 76.3 Å². The number of hydrogen-bond acceptors (Lipinski definition) is 6. The normalized spacial score (nSPS) is 21.0. The van der Waals surface area contributed by atoms with E-state index in [0.29, 0.717) is 11.7 Å². The summed E-state index contributed by atoms with van der Waals surface area (Å²) in [7, 11) is 0. The molecule has 116 valence electrons. The maximum atomic E-state index is 6.30. The lowest BCUT2D eigenvalue weighted by molar-refractivity contribution is 0.122. The SMILES string of the molecule is Nc1c(NC2CCCCCC2)ncnc1N1CCOCC1. The van der Waals surface area contributed by atoms with Gasteiger partial charge in [0.15, 0.2) is 11.6 Å². The van der Waals surface area contributed by atoms with Crippen molar-refractivity contribution in [2.75, 3.05) is 42.3 Å². The van der Waals surface area contributed by atoms with E-state index in [1.54, 1.807) is 6.33 Å². The number of hydrogen-bond donors (Lipinski definition) is 2. The van der Waals surface area contributed by atoms with Gasteiger partial charge >= 0.3 is 0 Å². The second-order valence-electron chi connectivity index (χ2n) is 5.89. The maximum absolute atomic E-state index is 6.30. The Morgan fingerprint density at radius 3 is 2.52 bits per heavy atom. The molecule has 0 bridgehead atoms. The van der Waals surface area contributed by atoms with Gasteiger partial charge in [-0.1, -0.05) is 25.7 Å². The van der Waals surface area contributed by atoms with Crippen molar-refractivity contribution < 1.29 is 4.74 Å². The monoisotopic (exact) mass is 291 g/mol. The van der Waals surface area contributed by atoms with Gasteiger partial charge in [-0.15, -0.1) is 0 Å². The molecule has 1 aromatic rings. The van der Waals surface area contributed by atoms with Crippen LogP contribution in [0.5, 0.6) is 0 Å². The molecule has 21 heavy (non-hydrogen) atoms. The molecule has 2 heterocycles. The van der Waals surface area contributed by atoms with Crippen LogP contribution in [0.3, 0.4) is 0 Å². The summed E-state index contributed by atoms with van der Waals surface area (Å²) in [5.74, 6) is 1.63. The molecule has 0 amide bonds. The van der Waals surface area contributed by atoms with Crippen LogP contribution >= 0.6 is 0 Å². The molecular formula is C15H25N5O. The predicted octanol–water partition coefficient (Wildman–Crippen LogP) is 2.03. The van der Waals surface area contributed by atoms with E-state index in [1.807, 2.05) is 0 Å². The van der Waals surface area contributed by atoms with Gasteiger partial charge in [0.2, 0.25) is 0 Å². The molecule has 6 nitrogen and oxygen atoms in total. The summed E-state index contributed by atoms with van der Waals surface area (Å²) < 4.78 is 5.39. The smallest absolute Gasteiger partial charge is 0.157 e. The minimum Gasteiger partial charge on any atom is -0.393 e. The zero-order valence-electron chi connectivity index (χ0n) is 12.6. The number of nitrogens with one attached hydrogen (secondary N) is 1. The molecular weight excluding hydrogens is 266 g/mol. The molecule has 3 N–H and O–H groups in total. The van der Waals surface area contributed by atoms with E-state index in [4.69, 9.17) is 10.5 Å². The second-order valence-corrected chi connectivity index (χ2v) is 5.89. The average Bonchev–Trinajstić information content (AvgIpc) is 2.79. The highest BCUT2D eigenvalue weighted by molar-refractivity contribution is 5.75. The van der Waals surface area contributed by atoms with Crippen molar-refractivity contribution in [3.05, 3.63) is 6.33 Å². The minimum absolute atomic E-state index is 0.488. The van der Waals surface area contributed by atoms with E-state index in [9.17, 15) is 0 Å². The van der Waals surface area contributed by atoms with E-state index >= 15 is 0 Å². The van der Waals surface area contributed by atoms with Crippen LogP contribution < -0.4 is 16.0 Å². The Labute approximate surface area is 126 Å². The molecule has 0 spiro atoms. The molecule has 0 radical (unpaired) electrons. The molecule has 1 saturated heterocycles. The molecule has 1 aliphatic carbocycles. The highest BCUT2D eigenvalue weighted by Crippen LogP contribution is 2.29. The van der Waals surface area contributed by atoms with Crippen molar-refractivity contribution in [3.8, 4) is 0 Å². The fraction of sp³-hybridized carbons (Fsp3) is 0.733. The third-order valence-electron chi connectivity index (χ3n) is 4.37. The van der Waals surface area contributed by atoms with Crippen LogP contribution in [0.2, 0.25) is 0 Å². The number of nitrogens with zero attached hydrogens (tertiary/aromatic N) is 3. The van der Waals surface area contributed by atoms with Gasteiger partial charge in [-0.25, -0.2) is 9.97 Å². The molecule has 2 aliphatic rings. The zero-order valence-corrected chi connectivity index (χ0v) is 12.6. The van der Waals surface area contributed by atoms with Gasteiger partial charge in [0.25, 0.3) is 0 Å². The summed E-state index contributed by atoms with van der Waals surface area (Å²) in [5.41, 5.74) is 6.97. The second kappa shape index (κ2) is 6.93. The van der Waals surface area contributed by atoms with E-state index in [0.717, 1.165) is 37.9 Å². The van der Waals surface area contributed by atoms with Gasteiger partial charge in [0.1, 0.15) is 12.0 Å². The first kappa shape index (κ1) is 14.4. The van der Waals surface area contributed by atoms with Crippen LogP contribution in [-0.4, -0.2) is 42.3 Å². The molecule has 0 aromatic carbocycles. The zero-order chi connectivity index (χ0) is 14.5. The highest BCUT2D eigenvalue weighted by atomic mass is 16.5. The summed E-state index contributed by atoms with van der Waals surface area (Å²) in [6.07, 6.45) is 9.29. The van der Waals surface area contributed by atoms with Gasteiger partial charge in [-0.05, 0) is 12.8 Å². The number of anilines is 3. The number of nitrogens with two attached hydrogens (primary N) is 1. The van der Waals surface area contributed by atoms with E-state index in [1.165, 1.54) is 38.5 Å². The number of ether oxygens (including phenoxy) is 1. The fourth-order valence-electron chi connectivity index (χ4n) is 3.15. The highest BCUT2D eigenvalue weighted by Gasteiger charge is 2.19. The van der Waals surface area contributed by atoms with Gasteiger partial charge in [0, 0.05) is 19.1 Å². The number of nitrogen functional groups attached to an aromatic ring is 1.